The molecular weight excluding hydrogens is 364 g/mol. The maximum Gasteiger partial charge on any atom is 0.223 e. The number of hydrogen-bond acceptors (Lipinski definition) is 6. The number of rotatable bonds is 7. The summed E-state index contributed by atoms with van der Waals surface area (Å²) in [4.78, 5) is 24.8. The molecule has 1 aliphatic heterocycles. The van der Waals surface area contributed by atoms with Gasteiger partial charge in [-0.15, -0.1) is 0 Å². The third-order valence-electron chi connectivity index (χ3n) is 5.54. The second-order valence-electron chi connectivity index (χ2n) is 7.61. The molecule has 0 radical (unpaired) electrons. The number of carbonyl (C=O) groups excluding carboxylic acids is 2. The predicted octanol–water partition coefficient (Wildman–Crippen LogP) is 0.245. The fraction of sp³-hybridized carbons (Fsp3) is 0.737. The maximum absolute atomic E-state index is 12.4. The van der Waals surface area contributed by atoms with E-state index in [2.05, 4.69) is 20.8 Å². The summed E-state index contributed by atoms with van der Waals surface area (Å²) >= 11 is 0. The molecule has 4 N–H and O–H groups in total. The van der Waals surface area contributed by atoms with Gasteiger partial charge in [0.25, 0.3) is 0 Å². The van der Waals surface area contributed by atoms with Crippen molar-refractivity contribution < 1.29 is 24.2 Å². The zero-order valence-electron chi connectivity index (χ0n) is 16.3. The SMILES string of the molecule is COCc1cc(CNC(=O)[C@H]2CC[C@@H](NC(=O)C3CCOCC3)[C@H](O)C2)[nH]n1. The Morgan fingerprint density at radius 2 is 2.04 bits per heavy atom. The molecule has 1 saturated heterocycles. The Hall–Kier alpha value is -1.97. The maximum atomic E-state index is 12.4. The van der Waals surface area contributed by atoms with E-state index in [9.17, 15) is 14.7 Å². The van der Waals surface area contributed by atoms with Crippen molar-refractivity contribution in [2.75, 3.05) is 20.3 Å². The molecule has 156 valence electrons. The first kappa shape index (κ1) is 20.8. The number of nitrogens with one attached hydrogen (secondary N) is 3. The summed E-state index contributed by atoms with van der Waals surface area (Å²) < 4.78 is 10.3. The Morgan fingerprint density at radius 1 is 1.25 bits per heavy atom. The molecule has 3 atom stereocenters. The number of aromatic amines is 1. The van der Waals surface area contributed by atoms with Gasteiger partial charge in [-0.3, -0.25) is 14.7 Å². The van der Waals surface area contributed by atoms with Gasteiger partial charge < -0.3 is 25.2 Å². The molecule has 1 aliphatic carbocycles. The normalized spacial score (nSPS) is 26.0. The lowest BCUT2D eigenvalue weighted by Crippen LogP contribution is -2.50. The van der Waals surface area contributed by atoms with Gasteiger partial charge in [0, 0.05) is 32.2 Å². The first-order valence-electron chi connectivity index (χ1n) is 9.92. The third kappa shape index (κ3) is 5.52. The van der Waals surface area contributed by atoms with Gasteiger partial charge in [0.1, 0.15) is 0 Å². The van der Waals surface area contributed by atoms with E-state index in [1.54, 1.807) is 7.11 Å². The van der Waals surface area contributed by atoms with Gasteiger partial charge in [0.2, 0.25) is 11.8 Å². The number of aromatic nitrogens is 2. The van der Waals surface area contributed by atoms with Crippen molar-refractivity contribution >= 4 is 11.8 Å². The first-order chi connectivity index (χ1) is 13.6. The monoisotopic (exact) mass is 394 g/mol. The molecule has 2 amide bonds. The van der Waals surface area contributed by atoms with Crippen LogP contribution in [0.5, 0.6) is 0 Å². The zero-order chi connectivity index (χ0) is 19.9. The van der Waals surface area contributed by atoms with E-state index in [0.717, 1.165) is 24.2 Å². The largest absolute Gasteiger partial charge is 0.391 e. The minimum atomic E-state index is -0.714. The Balaban J connectivity index is 1.42. The molecule has 28 heavy (non-hydrogen) atoms. The fourth-order valence-corrected chi connectivity index (χ4v) is 3.86. The highest BCUT2D eigenvalue weighted by Crippen LogP contribution is 2.26. The van der Waals surface area contributed by atoms with E-state index in [1.165, 1.54) is 0 Å². The summed E-state index contributed by atoms with van der Waals surface area (Å²) in [6.07, 6.45) is 2.31. The van der Waals surface area contributed by atoms with Crippen molar-refractivity contribution in [2.24, 2.45) is 11.8 Å². The van der Waals surface area contributed by atoms with Crippen molar-refractivity contribution in [1.29, 1.82) is 0 Å². The van der Waals surface area contributed by atoms with E-state index in [0.29, 0.717) is 45.6 Å². The molecule has 2 fully saturated rings. The summed E-state index contributed by atoms with van der Waals surface area (Å²) in [6.45, 7) is 1.99. The molecule has 2 heterocycles. The minimum Gasteiger partial charge on any atom is -0.391 e. The molecule has 1 aromatic heterocycles. The van der Waals surface area contributed by atoms with Crippen LogP contribution in [0.25, 0.3) is 0 Å². The fourth-order valence-electron chi connectivity index (χ4n) is 3.86. The second-order valence-corrected chi connectivity index (χ2v) is 7.61. The lowest BCUT2D eigenvalue weighted by atomic mass is 9.83. The van der Waals surface area contributed by atoms with Gasteiger partial charge in [-0.2, -0.15) is 5.10 Å². The highest BCUT2D eigenvalue weighted by atomic mass is 16.5. The van der Waals surface area contributed by atoms with E-state index in [1.807, 2.05) is 6.07 Å². The molecule has 1 aromatic rings. The molecule has 0 spiro atoms. The lowest BCUT2D eigenvalue weighted by Gasteiger charge is -2.34. The average molecular weight is 394 g/mol. The van der Waals surface area contributed by atoms with Crippen molar-refractivity contribution in [3.05, 3.63) is 17.5 Å². The van der Waals surface area contributed by atoms with Crippen LogP contribution in [-0.4, -0.2) is 59.6 Å². The minimum absolute atomic E-state index is 0.0126. The van der Waals surface area contributed by atoms with E-state index in [4.69, 9.17) is 9.47 Å². The van der Waals surface area contributed by atoms with Crippen molar-refractivity contribution in [1.82, 2.24) is 20.8 Å². The highest BCUT2D eigenvalue weighted by molar-refractivity contribution is 5.80. The molecule has 9 nitrogen and oxygen atoms in total. The van der Waals surface area contributed by atoms with Gasteiger partial charge in [-0.25, -0.2) is 0 Å². The summed E-state index contributed by atoms with van der Waals surface area (Å²) in [5.74, 6) is -0.399. The van der Waals surface area contributed by atoms with Gasteiger partial charge >= 0.3 is 0 Å². The van der Waals surface area contributed by atoms with Crippen LogP contribution in [0.3, 0.4) is 0 Å². The number of aliphatic hydroxyl groups is 1. The standard InChI is InChI=1S/C19H30N4O5/c1-27-11-15-9-14(22-23-15)10-20-18(25)13-2-3-16(17(24)8-13)21-19(26)12-4-6-28-7-5-12/h9,12-13,16-17,24H,2-8,10-11H2,1H3,(H,20,25)(H,21,26)(H,22,23)/t13-,16+,17+/m0/s1. The van der Waals surface area contributed by atoms with Gasteiger partial charge in [-0.05, 0) is 38.2 Å². The predicted molar refractivity (Wildman–Crippen MR) is 100.0 cm³/mol. The molecule has 0 aromatic carbocycles. The Morgan fingerprint density at radius 3 is 2.75 bits per heavy atom. The van der Waals surface area contributed by atoms with Gasteiger partial charge in [-0.1, -0.05) is 0 Å². The Labute approximate surface area is 164 Å². The number of methoxy groups -OCH3 is 1. The number of nitrogens with zero attached hydrogens (tertiary/aromatic N) is 1. The van der Waals surface area contributed by atoms with Gasteiger partial charge in [0.15, 0.2) is 0 Å². The Bertz CT molecular complexity index is 659. The van der Waals surface area contributed by atoms with Crippen molar-refractivity contribution in [3.8, 4) is 0 Å². The van der Waals surface area contributed by atoms with Crippen molar-refractivity contribution in [2.45, 2.75) is 57.4 Å². The van der Waals surface area contributed by atoms with Crippen LogP contribution in [0.2, 0.25) is 0 Å². The number of amides is 2. The van der Waals surface area contributed by atoms with Crippen LogP contribution in [-0.2, 0) is 32.2 Å². The molecular formula is C19H30N4O5. The van der Waals surface area contributed by atoms with Crippen LogP contribution in [0, 0.1) is 11.8 Å². The summed E-state index contributed by atoms with van der Waals surface area (Å²) in [6, 6.07) is 1.56. The number of hydrogen-bond donors (Lipinski definition) is 4. The quantitative estimate of drug-likeness (QED) is 0.525. The van der Waals surface area contributed by atoms with Crippen LogP contribution in [0.15, 0.2) is 6.07 Å². The van der Waals surface area contributed by atoms with Gasteiger partial charge in [0.05, 0.1) is 36.7 Å². The number of carbonyl (C=O) groups is 2. The molecule has 0 bridgehead atoms. The zero-order valence-corrected chi connectivity index (χ0v) is 16.3. The van der Waals surface area contributed by atoms with E-state index >= 15 is 0 Å². The lowest BCUT2D eigenvalue weighted by molar-refractivity contribution is -0.131. The molecule has 9 heteroatoms. The summed E-state index contributed by atoms with van der Waals surface area (Å²) in [5, 5.41) is 23.3. The van der Waals surface area contributed by atoms with Crippen LogP contribution in [0.1, 0.15) is 43.5 Å². The average Bonchev–Trinajstić information content (AvgIpc) is 3.16. The molecule has 0 unspecified atom stereocenters. The molecule has 3 rings (SSSR count). The van der Waals surface area contributed by atoms with Crippen LogP contribution in [0.4, 0.5) is 0 Å². The van der Waals surface area contributed by atoms with Crippen LogP contribution >= 0.6 is 0 Å². The third-order valence-corrected chi connectivity index (χ3v) is 5.54. The number of aliphatic hydroxyl groups excluding tert-OH is 1. The topological polar surface area (TPSA) is 126 Å². The highest BCUT2D eigenvalue weighted by Gasteiger charge is 2.34. The van der Waals surface area contributed by atoms with E-state index < -0.39 is 6.10 Å². The number of H-pyrrole nitrogens is 1. The summed E-state index contributed by atoms with van der Waals surface area (Å²) in [5.41, 5.74) is 1.58. The summed E-state index contributed by atoms with van der Waals surface area (Å²) in [7, 11) is 1.60. The van der Waals surface area contributed by atoms with E-state index in [-0.39, 0.29) is 29.7 Å². The first-order valence-corrected chi connectivity index (χ1v) is 9.92. The molecule has 2 aliphatic rings. The molecule has 1 saturated carbocycles. The second kappa shape index (κ2) is 9.99. The Kier molecular flexibility index (Phi) is 7.41. The number of ether oxygens (including phenoxy) is 2. The van der Waals surface area contributed by atoms with Crippen LogP contribution < -0.4 is 10.6 Å². The smallest absolute Gasteiger partial charge is 0.223 e. The van der Waals surface area contributed by atoms with Crippen molar-refractivity contribution in [3.63, 3.8) is 0 Å².